The Morgan fingerprint density at radius 1 is 1.50 bits per heavy atom. The number of hydrogen-bond donors (Lipinski definition) is 3. The fourth-order valence-corrected chi connectivity index (χ4v) is 1.09. The van der Waals surface area contributed by atoms with Gasteiger partial charge in [-0.2, -0.15) is 0 Å². The van der Waals surface area contributed by atoms with E-state index in [1.165, 1.54) is 0 Å². The van der Waals surface area contributed by atoms with Gasteiger partial charge in [-0.15, -0.1) is 5.10 Å². The van der Waals surface area contributed by atoms with E-state index in [-0.39, 0.29) is 5.91 Å². The van der Waals surface area contributed by atoms with Crippen LogP contribution in [-0.4, -0.2) is 29.2 Å². The van der Waals surface area contributed by atoms with E-state index in [0.29, 0.717) is 37.8 Å². The molecule has 4 N–H and O–H groups in total. The van der Waals surface area contributed by atoms with E-state index in [1.54, 1.807) is 0 Å². The summed E-state index contributed by atoms with van der Waals surface area (Å²) in [7, 11) is 0. The fourth-order valence-electron chi connectivity index (χ4n) is 1.09. The Balaban J connectivity index is 2.21. The second kappa shape index (κ2) is 6.78. The lowest BCUT2D eigenvalue weighted by Gasteiger charge is -1.98. The first kappa shape index (κ1) is 12.4. The van der Waals surface area contributed by atoms with Crippen LogP contribution in [0.25, 0.3) is 0 Å². The predicted molar refractivity (Wildman–Crippen MR) is 58.6 cm³/mol. The molecule has 0 atom stereocenters. The normalized spacial score (nSPS) is 10.3. The van der Waals surface area contributed by atoms with Gasteiger partial charge in [0, 0.05) is 13.0 Å². The SMILES string of the molecule is CCNCc1nnc(NCCCC(N)=O)o1. The molecule has 0 aromatic carbocycles. The average Bonchev–Trinajstić information content (AvgIpc) is 2.69. The van der Waals surface area contributed by atoms with Crippen molar-refractivity contribution in [3.63, 3.8) is 0 Å². The molecule has 1 aromatic rings. The molecular formula is C9H17N5O2. The van der Waals surface area contributed by atoms with Gasteiger partial charge in [0.1, 0.15) is 0 Å². The van der Waals surface area contributed by atoms with Gasteiger partial charge in [-0.05, 0) is 13.0 Å². The predicted octanol–water partition coefficient (Wildman–Crippen LogP) is -0.143. The molecule has 0 bridgehead atoms. The second-order valence-corrected chi connectivity index (χ2v) is 3.28. The van der Waals surface area contributed by atoms with E-state index in [9.17, 15) is 4.79 Å². The molecule has 16 heavy (non-hydrogen) atoms. The van der Waals surface area contributed by atoms with Crippen LogP contribution >= 0.6 is 0 Å². The molecule has 0 saturated heterocycles. The summed E-state index contributed by atoms with van der Waals surface area (Å²) < 4.78 is 5.28. The van der Waals surface area contributed by atoms with Crippen LogP contribution in [0.5, 0.6) is 0 Å². The summed E-state index contributed by atoms with van der Waals surface area (Å²) in [5.41, 5.74) is 5.00. The van der Waals surface area contributed by atoms with Gasteiger partial charge in [0.25, 0.3) is 0 Å². The Morgan fingerprint density at radius 3 is 3.00 bits per heavy atom. The zero-order chi connectivity index (χ0) is 11.8. The van der Waals surface area contributed by atoms with Gasteiger partial charge >= 0.3 is 6.01 Å². The quantitative estimate of drug-likeness (QED) is 0.533. The van der Waals surface area contributed by atoms with Crippen LogP contribution in [0.3, 0.4) is 0 Å². The number of rotatable bonds is 8. The maximum Gasteiger partial charge on any atom is 0.315 e. The van der Waals surface area contributed by atoms with E-state index in [4.69, 9.17) is 10.2 Å². The highest BCUT2D eigenvalue weighted by molar-refractivity contribution is 5.73. The first-order valence-corrected chi connectivity index (χ1v) is 5.27. The third-order valence-corrected chi connectivity index (χ3v) is 1.87. The number of carbonyl (C=O) groups excluding carboxylic acids is 1. The molecular weight excluding hydrogens is 210 g/mol. The lowest BCUT2D eigenvalue weighted by Crippen LogP contribution is -2.12. The third-order valence-electron chi connectivity index (χ3n) is 1.87. The van der Waals surface area contributed by atoms with Crippen molar-refractivity contribution in [2.45, 2.75) is 26.3 Å². The molecule has 1 aromatic heterocycles. The molecule has 7 nitrogen and oxygen atoms in total. The van der Waals surface area contributed by atoms with E-state index < -0.39 is 0 Å². The first-order chi connectivity index (χ1) is 7.72. The molecule has 1 heterocycles. The van der Waals surface area contributed by atoms with E-state index >= 15 is 0 Å². The Labute approximate surface area is 93.8 Å². The molecule has 7 heteroatoms. The standard InChI is InChI=1S/C9H17N5O2/c1-2-11-6-8-13-14-9(16-8)12-5-3-4-7(10)15/h11H,2-6H2,1H3,(H2,10,15)(H,12,14). The van der Waals surface area contributed by atoms with Crippen LogP contribution in [-0.2, 0) is 11.3 Å². The minimum Gasteiger partial charge on any atom is -0.407 e. The number of anilines is 1. The molecule has 1 rings (SSSR count). The molecule has 0 fully saturated rings. The zero-order valence-corrected chi connectivity index (χ0v) is 9.32. The van der Waals surface area contributed by atoms with Gasteiger partial charge < -0.3 is 20.8 Å². The Hall–Kier alpha value is -1.63. The van der Waals surface area contributed by atoms with Crippen molar-refractivity contribution in [1.82, 2.24) is 15.5 Å². The highest BCUT2D eigenvalue weighted by atomic mass is 16.4. The molecule has 0 spiro atoms. The van der Waals surface area contributed by atoms with Crippen molar-refractivity contribution in [3.05, 3.63) is 5.89 Å². The molecule has 0 aliphatic rings. The van der Waals surface area contributed by atoms with Crippen molar-refractivity contribution in [3.8, 4) is 0 Å². The van der Waals surface area contributed by atoms with Crippen molar-refractivity contribution in [2.24, 2.45) is 5.73 Å². The monoisotopic (exact) mass is 227 g/mol. The molecule has 0 aliphatic heterocycles. The van der Waals surface area contributed by atoms with Crippen LogP contribution in [0, 0.1) is 0 Å². The minimum absolute atomic E-state index is 0.305. The lowest BCUT2D eigenvalue weighted by molar-refractivity contribution is -0.118. The van der Waals surface area contributed by atoms with Gasteiger partial charge in [-0.3, -0.25) is 4.79 Å². The van der Waals surface area contributed by atoms with Crippen molar-refractivity contribution in [2.75, 3.05) is 18.4 Å². The van der Waals surface area contributed by atoms with Crippen molar-refractivity contribution >= 4 is 11.9 Å². The molecule has 90 valence electrons. The number of nitrogens with one attached hydrogen (secondary N) is 2. The average molecular weight is 227 g/mol. The van der Waals surface area contributed by atoms with Gasteiger partial charge in [0.15, 0.2) is 0 Å². The maximum absolute atomic E-state index is 10.5. The summed E-state index contributed by atoms with van der Waals surface area (Å²) in [6, 6.07) is 0.373. The van der Waals surface area contributed by atoms with Gasteiger partial charge in [-0.25, -0.2) is 0 Å². The lowest BCUT2D eigenvalue weighted by atomic mass is 10.3. The highest BCUT2D eigenvalue weighted by Crippen LogP contribution is 2.05. The Bertz CT molecular complexity index is 325. The third kappa shape index (κ3) is 4.74. The summed E-state index contributed by atoms with van der Waals surface area (Å²) in [6.45, 7) is 4.00. The number of hydrogen-bond acceptors (Lipinski definition) is 6. The number of carbonyl (C=O) groups is 1. The summed E-state index contributed by atoms with van der Waals surface area (Å²) >= 11 is 0. The Kier molecular flexibility index (Phi) is 5.27. The second-order valence-electron chi connectivity index (χ2n) is 3.28. The van der Waals surface area contributed by atoms with Crippen LogP contribution in [0.1, 0.15) is 25.7 Å². The van der Waals surface area contributed by atoms with Crippen molar-refractivity contribution < 1.29 is 9.21 Å². The number of amides is 1. The van der Waals surface area contributed by atoms with Gasteiger partial charge in [0.05, 0.1) is 6.54 Å². The van der Waals surface area contributed by atoms with Crippen LogP contribution in [0.2, 0.25) is 0 Å². The van der Waals surface area contributed by atoms with E-state index in [0.717, 1.165) is 6.54 Å². The molecule has 0 aliphatic carbocycles. The van der Waals surface area contributed by atoms with E-state index in [2.05, 4.69) is 20.8 Å². The first-order valence-electron chi connectivity index (χ1n) is 5.27. The zero-order valence-electron chi connectivity index (χ0n) is 9.32. The van der Waals surface area contributed by atoms with Crippen LogP contribution in [0.15, 0.2) is 4.42 Å². The topological polar surface area (TPSA) is 106 Å². The van der Waals surface area contributed by atoms with Gasteiger partial charge in [-0.1, -0.05) is 12.0 Å². The summed E-state index contributed by atoms with van der Waals surface area (Å²) in [6.07, 6.45) is 1.01. The van der Waals surface area contributed by atoms with Crippen molar-refractivity contribution in [1.29, 1.82) is 0 Å². The summed E-state index contributed by atoms with van der Waals surface area (Å²) in [5, 5.41) is 13.6. The van der Waals surface area contributed by atoms with E-state index in [1.807, 2.05) is 6.92 Å². The van der Waals surface area contributed by atoms with Gasteiger partial charge in [0.2, 0.25) is 11.8 Å². The Morgan fingerprint density at radius 2 is 2.31 bits per heavy atom. The summed E-state index contributed by atoms with van der Waals surface area (Å²) in [4.78, 5) is 10.5. The molecule has 0 saturated carbocycles. The summed E-state index contributed by atoms with van der Waals surface area (Å²) in [5.74, 6) is 0.236. The largest absolute Gasteiger partial charge is 0.407 e. The molecule has 0 radical (unpaired) electrons. The smallest absolute Gasteiger partial charge is 0.315 e. The number of nitrogens with zero attached hydrogens (tertiary/aromatic N) is 2. The highest BCUT2D eigenvalue weighted by Gasteiger charge is 2.04. The number of nitrogens with two attached hydrogens (primary N) is 1. The molecule has 0 unspecified atom stereocenters. The fraction of sp³-hybridized carbons (Fsp3) is 0.667. The van der Waals surface area contributed by atoms with Crippen LogP contribution < -0.4 is 16.4 Å². The number of aromatic nitrogens is 2. The van der Waals surface area contributed by atoms with Crippen LogP contribution in [0.4, 0.5) is 6.01 Å². The molecule has 1 amide bonds. The minimum atomic E-state index is -0.305. The number of primary amides is 1. The maximum atomic E-state index is 10.5.